The summed E-state index contributed by atoms with van der Waals surface area (Å²) < 4.78 is 35.4. The Morgan fingerprint density at radius 1 is 1.00 bits per heavy atom. The van der Waals surface area contributed by atoms with Crippen molar-refractivity contribution in [2.24, 2.45) is 0 Å². The summed E-state index contributed by atoms with van der Waals surface area (Å²) in [4.78, 5) is 36.4. The van der Waals surface area contributed by atoms with E-state index in [-0.39, 0.29) is 36.2 Å². The molecule has 1 amide bonds. The number of nitrogens with one attached hydrogen (secondary N) is 1. The highest BCUT2D eigenvalue weighted by molar-refractivity contribution is 7.92. The van der Waals surface area contributed by atoms with E-state index in [2.05, 4.69) is 10.1 Å². The van der Waals surface area contributed by atoms with Gasteiger partial charge in [0.15, 0.2) is 0 Å². The molecule has 0 atom stereocenters. The van der Waals surface area contributed by atoms with Crippen molar-refractivity contribution in [3.8, 4) is 0 Å². The van der Waals surface area contributed by atoms with Crippen molar-refractivity contribution in [2.75, 3.05) is 36.6 Å². The quantitative estimate of drug-likeness (QED) is 0.553. The fourth-order valence-electron chi connectivity index (χ4n) is 3.25. The Bertz CT molecular complexity index is 1160. The standard InChI is InChI=1S/C23H28N2O7S/c1-15-8-6-9-20(16(15)2)25(33(5,29)30)13-7-10-21(26)24-19-14-17(22(27)31-3)11-12-18(19)23(28)32-4/h6,8-9,11-12,14H,7,10,13H2,1-5H3,(H,24,26). The van der Waals surface area contributed by atoms with Crippen LogP contribution in [0.2, 0.25) is 0 Å². The predicted molar refractivity (Wildman–Crippen MR) is 125 cm³/mol. The minimum atomic E-state index is -3.56. The molecule has 0 fully saturated rings. The lowest BCUT2D eigenvalue weighted by atomic mass is 10.1. The molecule has 0 saturated heterocycles. The Morgan fingerprint density at radius 3 is 2.27 bits per heavy atom. The van der Waals surface area contributed by atoms with E-state index in [0.717, 1.165) is 17.4 Å². The second-order valence-electron chi connectivity index (χ2n) is 7.45. The van der Waals surface area contributed by atoms with Crippen LogP contribution in [-0.2, 0) is 24.3 Å². The molecule has 1 N–H and O–H groups in total. The van der Waals surface area contributed by atoms with Crippen LogP contribution in [0.3, 0.4) is 0 Å². The largest absolute Gasteiger partial charge is 0.465 e. The number of rotatable bonds is 9. The summed E-state index contributed by atoms with van der Waals surface area (Å²) in [6.07, 6.45) is 1.34. The highest BCUT2D eigenvalue weighted by Crippen LogP contribution is 2.25. The molecule has 2 aromatic rings. The van der Waals surface area contributed by atoms with E-state index in [9.17, 15) is 22.8 Å². The molecule has 0 heterocycles. The van der Waals surface area contributed by atoms with Gasteiger partial charge >= 0.3 is 11.9 Å². The second kappa shape index (κ2) is 11.0. The summed E-state index contributed by atoms with van der Waals surface area (Å²) >= 11 is 0. The van der Waals surface area contributed by atoms with Gasteiger partial charge in [-0.25, -0.2) is 18.0 Å². The van der Waals surface area contributed by atoms with Crippen molar-refractivity contribution in [3.63, 3.8) is 0 Å². The topological polar surface area (TPSA) is 119 Å². The van der Waals surface area contributed by atoms with Gasteiger partial charge in [0.2, 0.25) is 15.9 Å². The maximum absolute atomic E-state index is 12.6. The van der Waals surface area contributed by atoms with Crippen molar-refractivity contribution in [1.82, 2.24) is 0 Å². The van der Waals surface area contributed by atoms with Crippen LogP contribution >= 0.6 is 0 Å². The number of benzene rings is 2. The highest BCUT2D eigenvalue weighted by Gasteiger charge is 2.21. The fourth-order valence-corrected chi connectivity index (χ4v) is 4.26. The first-order valence-corrected chi connectivity index (χ1v) is 12.0. The lowest BCUT2D eigenvalue weighted by molar-refractivity contribution is -0.116. The molecule has 0 aliphatic heterocycles. The average molecular weight is 477 g/mol. The summed E-state index contributed by atoms with van der Waals surface area (Å²) in [7, 11) is -1.14. The van der Waals surface area contributed by atoms with E-state index in [1.165, 1.54) is 36.7 Å². The van der Waals surface area contributed by atoms with Crippen molar-refractivity contribution >= 4 is 39.2 Å². The molecule has 10 heteroatoms. The molecule has 0 bridgehead atoms. The molecule has 178 valence electrons. The van der Waals surface area contributed by atoms with Gasteiger partial charge in [-0.05, 0) is 55.7 Å². The maximum atomic E-state index is 12.6. The molecular formula is C23H28N2O7S. The lowest BCUT2D eigenvalue weighted by Crippen LogP contribution is -2.32. The first-order valence-electron chi connectivity index (χ1n) is 10.1. The summed E-state index contributed by atoms with van der Waals surface area (Å²) in [6, 6.07) is 9.49. The van der Waals surface area contributed by atoms with Crippen LogP contribution < -0.4 is 9.62 Å². The molecule has 0 saturated carbocycles. The molecule has 0 aliphatic carbocycles. The number of anilines is 2. The molecule has 2 aromatic carbocycles. The Labute approximate surface area is 193 Å². The highest BCUT2D eigenvalue weighted by atomic mass is 32.2. The summed E-state index contributed by atoms with van der Waals surface area (Å²) in [6.45, 7) is 3.84. The minimum absolute atomic E-state index is 0.0139. The minimum Gasteiger partial charge on any atom is -0.465 e. The normalized spacial score (nSPS) is 10.9. The van der Waals surface area contributed by atoms with E-state index in [0.29, 0.717) is 5.69 Å². The molecule has 0 spiro atoms. The first kappa shape index (κ1) is 25.9. The van der Waals surface area contributed by atoms with E-state index in [1.807, 2.05) is 19.9 Å². The van der Waals surface area contributed by atoms with Gasteiger partial charge in [-0.1, -0.05) is 12.1 Å². The second-order valence-corrected chi connectivity index (χ2v) is 9.36. The number of carbonyl (C=O) groups excluding carboxylic acids is 3. The zero-order valence-electron chi connectivity index (χ0n) is 19.3. The van der Waals surface area contributed by atoms with Crippen LogP contribution in [0.15, 0.2) is 36.4 Å². The van der Waals surface area contributed by atoms with Gasteiger partial charge in [0.1, 0.15) is 0 Å². The number of esters is 2. The van der Waals surface area contributed by atoms with Crippen LogP contribution in [-0.4, -0.2) is 53.3 Å². The molecule has 9 nitrogen and oxygen atoms in total. The van der Waals surface area contributed by atoms with Crippen LogP contribution in [0.4, 0.5) is 11.4 Å². The molecule has 0 aliphatic rings. The molecule has 0 radical (unpaired) electrons. The number of nitrogens with zero attached hydrogens (tertiary/aromatic N) is 1. The third kappa shape index (κ3) is 6.55. The van der Waals surface area contributed by atoms with E-state index < -0.39 is 27.9 Å². The monoisotopic (exact) mass is 476 g/mol. The van der Waals surface area contributed by atoms with Crippen molar-refractivity contribution < 1.29 is 32.3 Å². The number of sulfonamides is 1. The lowest BCUT2D eigenvalue weighted by Gasteiger charge is -2.25. The van der Waals surface area contributed by atoms with Gasteiger partial charge in [0.25, 0.3) is 0 Å². The van der Waals surface area contributed by atoms with Crippen molar-refractivity contribution in [1.29, 1.82) is 0 Å². The number of ether oxygens (including phenoxy) is 2. The van der Waals surface area contributed by atoms with Crippen LogP contribution in [0, 0.1) is 13.8 Å². The van der Waals surface area contributed by atoms with E-state index in [4.69, 9.17) is 4.74 Å². The van der Waals surface area contributed by atoms with Gasteiger partial charge in [-0.2, -0.15) is 0 Å². The zero-order valence-corrected chi connectivity index (χ0v) is 20.1. The Hall–Kier alpha value is -3.40. The number of hydrogen-bond acceptors (Lipinski definition) is 7. The molecular weight excluding hydrogens is 448 g/mol. The van der Waals surface area contributed by atoms with E-state index >= 15 is 0 Å². The van der Waals surface area contributed by atoms with Gasteiger partial charge in [0, 0.05) is 13.0 Å². The predicted octanol–water partition coefficient (Wildman–Crippen LogP) is 3.06. The van der Waals surface area contributed by atoms with Gasteiger partial charge in [-0.3, -0.25) is 9.10 Å². The Morgan fingerprint density at radius 2 is 1.67 bits per heavy atom. The zero-order chi connectivity index (χ0) is 24.8. The average Bonchev–Trinajstić information content (AvgIpc) is 2.77. The van der Waals surface area contributed by atoms with Crippen LogP contribution in [0.25, 0.3) is 0 Å². The van der Waals surface area contributed by atoms with E-state index in [1.54, 1.807) is 12.1 Å². The summed E-state index contributed by atoms with van der Waals surface area (Å²) in [5, 5.41) is 2.60. The molecule has 0 unspecified atom stereocenters. The van der Waals surface area contributed by atoms with Gasteiger partial charge in [-0.15, -0.1) is 0 Å². The smallest absolute Gasteiger partial charge is 0.339 e. The number of aryl methyl sites for hydroxylation is 1. The number of amides is 1. The number of hydrogen-bond donors (Lipinski definition) is 1. The van der Waals surface area contributed by atoms with Gasteiger partial charge < -0.3 is 14.8 Å². The SMILES string of the molecule is COC(=O)c1ccc(C(=O)OC)c(NC(=O)CCCN(c2cccc(C)c2C)S(C)(=O)=O)c1. The summed E-state index contributed by atoms with van der Waals surface area (Å²) in [5.41, 5.74) is 2.70. The third-order valence-corrected chi connectivity index (χ3v) is 6.31. The van der Waals surface area contributed by atoms with Crippen molar-refractivity contribution in [2.45, 2.75) is 26.7 Å². The van der Waals surface area contributed by atoms with Gasteiger partial charge in [0.05, 0.1) is 43.0 Å². The van der Waals surface area contributed by atoms with Crippen LogP contribution in [0.1, 0.15) is 44.7 Å². The summed E-state index contributed by atoms with van der Waals surface area (Å²) in [5.74, 6) is -1.75. The third-order valence-electron chi connectivity index (χ3n) is 5.13. The first-order chi connectivity index (χ1) is 15.5. The van der Waals surface area contributed by atoms with Crippen LogP contribution in [0.5, 0.6) is 0 Å². The molecule has 2 rings (SSSR count). The molecule has 33 heavy (non-hydrogen) atoms. The Kier molecular flexibility index (Phi) is 8.58. The Balaban J connectivity index is 2.16. The fraction of sp³-hybridized carbons (Fsp3) is 0.348. The number of carbonyl (C=O) groups is 3. The van der Waals surface area contributed by atoms with Crippen molar-refractivity contribution in [3.05, 3.63) is 58.7 Å². The maximum Gasteiger partial charge on any atom is 0.339 e. The molecule has 0 aromatic heterocycles. The number of methoxy groups -OCH3 is 2.